The van der Waals surface area contributed by atoms with Gasteiger partial charge in [0.05, 0.1) is 7.11 Å². The fourth-order valence-electron chi connectivity index (χ4n) is 3.41. The van der Waals surface area contributed by atoms with E-state index >= 15 is 0 Å². The zero-order chi connectivity index (χ0) is 14.9. The number of benzene rings is 2. The molecular weight excluding hydrogens is 267 g/mol. The molecule has 0 N–H and O–H groups in total. The second-order valence-electron chi connectivity index (χ2n) is 5.52. The molecule has 0 heterocycles. The smallest absolute Gasteiger partial charge is 0.317 e. The van der Waals surface area contributed by atoms with Crippen molar-refractivity contribution in [3.8, 4) is 0 Å². The van der Waals surface area contributed by atoms with Gasteiger partial charge < -0.3 is 4.74 Å². The Balaban J connectivity index is 2.15. The second kappa shape index (κ2) is 4.99. The molecule has 1 aliphatic carbocycles. The Morgan fingerprint density at radius 1 is 1.05 bits per heavy atom. The normalized spacial score (nSPS) is 27.1. The van der Waals surface area contributed by atoms with Crippen LogP contribution in [-0.2, 0) is 20.4 Å². The molecule has 3 heteroatoms. The first kappa shape index (κ1) is 13.8. The highest BCUT2D eigenvalue weighted by Gasteiger charge is 2.74. The lowest BCUT2D eigenvalue weighted by atomic mass is 9.82. The minimum atomic E-state index is -0.918. The van der Waals surface area contributed by atoms with Gasteiger partial charge in [-0.25, -0.2) is 0 Å². The Labute approximate surface area is 123 Å². The van der Waals surface area contributed by atoms with E-state index in [0.717, 1.165) is 11.1 Å². The van der Waals surface area contributed by atoms with E-state index in [4.69, 9.17) is 4.74 Å². The number of methoxy groups -OCH3 is 1. The number of hydrogen-bond donors (Lipinski definition) is 0. The molecule has 2 nitrogen and oxygen atoms in total. The van der Waals surface area contributed by atoms with Crippen LogP contribution in [-0.4, -0.2) is 19.8 Å². The highest BCUT2D eigenvalue weighted by Crippen LogP contribution is 2.66. The van der Waals surface area contributed by atoms with Crippen LogP contribution in [0.2, 0.25) is 0 Å². The van der Waals surface area contributed by atoms with Gasteiger partial charge >= 0.3 is 5.97 Å². The highest BCUT2D eigenvalue weighted by atomic mass is 19.1. The van der Waals surface area contributed by atoms with E-state index in [9.17, 15) is 9.18 Å². The number of hydrogen-bond acceptors (Lipinski definition) is 2. The Bertz CT molecular complexity index is 641. The first-order valence-electron chi connectivity index (χ1n) is 6.97. The van der Waals surface area contributed by atoms with Gasteiger partial charge in [0.15, 0.2) is 0 Å². The second-order valence-corrected chi connectivity index (χ2v) is 5.52. The lowest BCUT2D eigenvalue weighted by Gasteiger charge is -2.23. The van der Waals surface area contributed by atoms with E-state index in [2.05, 4.69) is 0 Å². The van der Waals surface area contributed by atoms with Gasteiger partial charge in [0, 0.05) is 5.41 Å². The molecule has 1 aliphatic rings. The van der Waals surface area contributed by atoms with Crippen LogP contribution in [0.4, 0.5) is 4.39 Å². The van der Waals surface area contributed by atoms with Crippen molar-refractivity contribution in [2.45, 2.75) is 17.3 Å². The van der Waals surface area contributed by atoms with Crippen LogP contribution in [0.15, 0.2) is 60.7 Å². The first-order valence-corrected chi connectivity index (χ1v) is 6.97. The summed E-state index contributed by atoms with van der Waals surface area (Å²) in [5.74, 6) is -0.366. The molecule has 0 unspecified atom stereocenters. The molecule has 0 aliphatic heterocycles. The maximum Gasteiger partial charge on any atom is 0.317 e. The van der Waals surface area contributed by atoms with Crippen molar-refractivity contribution >= 4 is 5.97 Å². The van der Waals surface area contributed by atoms with Crippen molar-refractivity contribution in [3.05, 3.63) is 71.8 Å². The van der Waals surface area contributed by atoms with Gasteiger partial charge in [-0.3, -0.25) is 9.18 Å². The molecule has 0 amide bonds. The fraction of sp³-hybridized carbons (Fsp3) is 0.278. The van der Waals surface area contributed by atoms with Gasteiger partial charge in [-0.15, -0.1) is 0 Å². The van der Waals surface area contributed by atoms with Crippen molar-refractivity contribution in [1.29, 1.82) is 0 Å². The predicted octanol–water partition coefficient (Wildman–Crippen LogP) is 3.41. The standard InChI is InChI=1S/C18H17FO2/c1-21-16(20)18(15-10-6-3-7-11-15)12-17(18,13-19)14-8-4-2-5-9-14/h2-11H,12-13H2,1H3/t17-,18-/m1/s1. The van der Waals surface area contributed by atoms with Gasteiger partial charge in [0.1, 0.15) is 12.1 Å². The number of alkyl halides is 1. The summed E-state index contributed by atoms with van der Waals surface area (Å²) in [5.41, 5.74) is -0.0675. The summed E-state index contributed by atoms with van der Waals surface area (Å²) < 4.78 is 19.0. The molecule has 2 aromatic carbocycles. The van der Waals surface area contributed by atoms with Gasteiger partial charge in [-0.1, -0.05) is 60.7 Å². The quantitative estimate of drug-likeness (QED) is 0.804. The first-order chi connectivity index (χ1) is 10.2. The van der Waals surface area contributed by atoms with E-state index in [0.29, 0.717) is 6.42 Å². The van der Waals surface area contributed by atoms with Gasteiger partial charge in [-0.2, -0.15) is 0 Å². The largest absolute Gasteiger partial charge is 0.468 e. The van der Waals surface area contributed by atoms with E-state index in [1.807, 2.05) is 60.7 Å². The highest BCUT2D eigenvalue weighted by molar-refractivity contribution is 5.91. The third-order valence-electron chi connectivity index (χ3n) is 4.61. The third-order valence-corrected chi connectivity index (χ3v) is 4.61. The summed E-state index contributed by atoms with van der Waals surface area (Å²) in [6, 6.07) is 18.8. The van der Waals surface area contributed by atoms with E-state index in [-0.39, 0.29) is 5.97 Å². The molecule has 108 valence electrons. The van der Waals surface area contributed by atoms with E-state index < -0.39 is 17.5 Å². The minimum Gasteiger partial charge on any atom is -0.468 e. The molecule has 2 aromatic rings. The fourth-order valence-corrected chi connectivity index (χ4v) is 3.41. The number of ether oxygens (including phenoxy) is 1. The Kier molecular flexibility index (Phi) is 3.28. The zero-order valence-electron chi connectivity index (χ0n) is 11.9. The molecule has 0 spiro atoms. The lowest BCUT2D eigenvalue weighted by Crippen LogP contribution is -2.33. The predicted molar refractivity (Wildman–Crippen MR) is 78.8 cm³/mol. The van der Waals surface area contributed by atoms with Crippen molar-refractivity contribution in [2.24, 2.45) is 0 Å². The van der Waals surface area contributed by atoms with Crippen LogP contribution in [0.25, 0.3) is 0 Å². The maximum absolute atomic E-state index is 14.0. The van der Waals surface area contributed by atoms with Gasteiger partial charge in [-0.05, 0) is 17.5 Å². The lowest BCUT2D eigenvalue weighted by molar-refractivity contribution is -0.144. The summed E-state index contributed by atoms with van der Waals surface area (Å²) in [6.45, 7) is -0.582. The zero-order valence-corrected chi connectivity index (χ0v) is 11.9. The number of rotatable bonds is 4. The number of carbonyl (C=O) groups excluding carboxylic acids is 1. The molecule has 21 heavy (non-hydrogen) atoms. The Hall–Kier alpha value is -2.16. The molecule has 1 saturated carbocycles. The summed E-state index contributed by atoms with van der Waals surface area (Å²) in [7, 11) is 1.36. The monoisotopic (exact) mass is 284 g/mol. The molecule has 1 fully saturated rings. The summed E-state index contributed by atoms with van der Waals surface area (Å²) in [4.78, 5) is 12.5. The van der Waals surface area contributed by atoms with Crippen LogP contribution in [0, 0.1) is 0 Å². The number of carbonyl (C=O) groups is 1. The van der Waals surface area contributed by atoms with E-state index in [1.165, 1.54) is 7.11 Å². The molecular formula is C18H17FO2. The Morgan fingerprint density at radius 2 is 1.57 bits per heavy atom. The molecule has 0 bridgehead atoms. The molecule has 2 atom stereocenters. The van der Waals surface area contributed by atoms with Crippen molar-refractivity contribution < 1.29 is 13.9 Å². The van der Waals surface area contributed by atoms with Gasteiger partial charge in [0.2, 0.25) is 0 Å². The number of esters is 1. The SMILES string of the molecule is COC(=O)[C@]1(c2ccccc2)C[C@@]1(CF)c1ccccc1. The van der Waals surface area contributed by atoms with Crippen LogP contribution in [0.3, 0.4) is 0 Å². The van der Waals surface area contributed by atoms with Gasteiger partial charge in [0.25, 0.3) is 0 Å². The van der Waals surface area contributed by atoms with Crippen LogP contribution in [0.1, 0.15) is 17.5 Å². The maximum atomic E-state index is 14.0. The van der Waals surface area contributed by atoms with Crippen molar-refractivity contribution in [3.63, 3.8) is 0 Å². The van der Waals surface area contributed by atoms with Crippen molar-refractivity contribution in [2.75, 3.05) is 13.8 Å². The summed E-state index contributed by atoms with van der Waals surface area (Å²) in [5, 5.41) is 0. The van der Waals surface area contributed by atoms with Crippen molar-refractivity contribution in [1.82, 2.24) is 0 Å². The molecule has 0 aromatic heterocycles. The number of halogens is 1. The molecule has 3 rings (SSSR count). The van der Waals surface area contributed by atoms with Crippen LogP contribution in [0.5, 0.6) is 0 Å². The van der Waals surface area contributed by atoms with Crippen LogP contribution < -0.4 is 0 Å². The minimum absolute atomic E-state index is 0.366. The Morgan fingerprint density at radius 3 is 2.05 bits per heavy atom. The average molecular weight is 284 g/mol. The van der Waals surface area contributed by atoms with E-state index in [1.54, 1.807) is 0 Å². The molecule has 0 radical (unpaired) electrons. The third kappa shape index (κ3) is 1.80. The summed E-state index contributed by atoms with van der Waals surface area (Å²) >= 11 is 0. The topological polar surface area (TPSA) is 26.3 Å². The summed E-state index contributed by atoms with van der Waals surface area (Å²) in [6.07, 6.45) is 0.442. The average Bonchev–Trinajstić information content (AvgIpc) is 3.27. The molecule has 0 saturated heterocycles. The van der Waals surface area contributed by atoms with Crippen LogP contribution >= 0.6 is 0 Å².